The van der Waals surface area contributed by atoms with Gasteiger partial charge in [-0.1, -0.05) is 0 Å². The van der Waals surface area contributed by atoms with Gasteiger partial charge in [-0.3, -0.25) is 4.79 Å². The first-order valence-electron chi connectivity index (χ1n) is 6.25. The summed E-state index contributed by atoms with van der Waals surface area (Å²) in [6.07, 6.45) is -4.24. The first-order valence-corrected chi connectivity index (χ1v) is 6.25. The van der Waals surface area contributed by atoms with Crippen LogP contribution in [0.3, 0.4) is 0 Å². The third-order valence-corrected chi connectivity index (χ3v) is 2.87. The second-order valence-corrected chi connectivity index (χ2v) is 4.82. The number of carboxylic acids is 1. The zero-order valence-electron chi connectivity index (χ0n) is 11.0. The Bertz CT molecular complexity index is 423. The number of primary amides is 1. The number of nitrogens with zero attached hydrogens (tertiary/aromatic N) is 1. The monoisotopic (exact) mass is 311 g/mol. The number of hydrogen-bond donors (Lipinski definition) is 3. The van der Waals surface area contributed by atoms with Crippen molar-refractivity contribution in [2.45, 2.75) is 43.9 Å². The van der Waals surface area contributed by atoms with Gasteiger partial charge < -0.3 is 21.1 Å². The zero-order valence-corrected chi connectivity index (χ0v) is 11.0. The quantitative estimate of drug-likeness (QED) is 0.633. The molecule has 21 heavy (non-hydrogen) atoms. The van der Waals surface area contributed by atoms with Crippen LogP contribution in [0.25, 0.3) is 0 Å². The molecule has 10 heteroatoms. The van der Waals surface area contributed by atoms with Crippen molar-refractivity contribution in [1.82, 2.24) is 10.2 Å². The van der Waals surface area contributed by atoms with Gasteiger partial charge in [0.2, 0.25) is 5.91 Å². The highest BCUT2D eigenvalue weighted by molar-refractivity contribution is 5.83. The van der Waals surface area contributed by atoms with Crippen molar-refractivity contribution in [3.8, 4) is 0 Å². The first kappa shape index (κ1) is 17.1. The summed E-state index contributed by atoms with van der Waals surface area (Å²) in [4.78, 5) is 33.9. The van der Waals surface area contributed by atoms with Crippen molar-refractivity contribution in [2.24, 2.45) is 5.73 Å². The molecule has 0 aromatic rings. The summed E-state index contributed by atoms with van der Waals surface area (Å²) in [6, 6.07) is -3.09. The Hall–Kier alpha value is -2.00. The molecule has 3 amide bonds. The predicted octanol–water partition coefficient (Wildman–Crippen LogP) is 0.441. The summed E-state index contributed by atoms with van der Waals surface area (Å²) in [7, 11) is 0. The van der Waals surface area contributed by atoms with Crippen LogP contribution in [-0.4, -0.2) is 52.7 Å². The molecule has 0 heterocycles. The molecule has 1 unspecified atom stereocenters. The topological polar surface area (TPSA) is 113 Å². The largest absolute Gasteiger partial charge is 0.480 e. The average Bonchev–Trinajstić information content (AvgIpc) is 3.13. The normalized spacial score (nSPS) is 16.1. The number of aliphatic carboxylic acids is 1. The number of rotatable bonds is 7. The van der Waals surface area contributed by atoms with Crippen molar-refractivity contribution in [3.63, 3.8) is 0 Å². The standard InChI is InChI=1S/C11H16F3N3O4/c12-11(13,14)5-17(6-1-2-6)10(21)16-7(9(19)20)3-4-8(15)18/h6-7H,1-5H2,(H2,15,18)(H,16,21)(H,19,20). The van der Waals surface area contributed by atoms with Gasteiger partial charge in [0.05, 0.1) is 0 Å². The summed E-state index contributed by atoms with van der Waals surface area (Å²) in [5, 5.41) is 10.9. The Labute approximate surface area is 118 Å². The van der Waals surface area contributed by atoms with Crippen molar-refractivity contribution in [1.29, 1.82) is 0 Å². The van der Waals surface area contributed by atoms with Gasteiger partial charge in [-0.2, -0.15) is 13.2 Å². The Morgan fingerprint density at radius 2 is 1.90 bits per heavy atom. The second-order valence-electron chi connectivity index (χ2n) is 4.82. The van der Waals surface area contributed by atoms with Crippen LogP contribution in [0.2, 0.25) is 0 Å². The molecule has 0 spiro atoms. The number of nitrogens with one attached hydrogen (secondary N) is 1. The van der Waals surface area contributed by atoms with Crippen LogP contribution < -0.4 is 11.1 Å². The number of nitrogens with two attached hydrogens (primary N) is 1. The molecule has 0 aromatic carbocycles. The summed E-state index contributed by atoms with van der Waals surface area (Å²) < 4.78 is 37.2. The molecular formula is C11H16F3N3O4. The Morgan fingerprint density at radius 3 is 2.29 bits per heavy atom. The van der Waals surface area contributed by atoms with Gasteiger partial charge >= 0.3 is 18.2 Å². The molecule has 120 valence electrons. The maximum atomic E-state index is 12.4. The first-order chi connectivity index (χ1) is 9.60. The van der Waals surface area contributed by atoms with Crippen molar-refractivity contribution < 1.29 is 32.7 Å². The fourth-order valence-corrected chi connectivity index (χ4v) is 1.72. The van der Waals surface area contributed by atoms with E-state index in [1.165, 1.54) is 0 Å². The van der Waals surface area contributed by atoms with Gasteiger partial charge in [0.25, 0.3) is 0 Å². The van der Waals surface area contributed by atoms with E-state index in [9.17, 15) is 27.6 Å². The molecule has 4 N–H and O–H groups in total. The van der Waals surface area contributed by atoms with Crippen molar-refractivity contribution in [3.05, 3.63) is 0 Å². The second kappa shape index (κ2) is 6.64. The molecule has 0 bridgehead atoms. The number of carbonyl (C=O) groups is 3. The number of urea groups is 1. The van der Waals surface area contributed by atoms with Gasteiger partial charge in [0.1, 0.15) is 12.6 Å². The van der Waals surface area contributed by atoms with Crippen LogP contribution >= 0.6 is 0 Å². The number of carboxylic acid groups (broad SMARTS) is 1. The molecule has 0 radical (unpaired) electrons. The maximum Gasteiger partial charge on any atom is 0.406 e. The lowest BCUT2D eigenvalue weighted by Crippen LogP contribution is -2.51. The Kier molecular flexibility index (Phi) is 5.39. The van der Waals surface area contributed by atoms with Gasteiger partial charge in [-0.05, 0) is 19.3 Å². The minimum Gasteiger partial charge on any atom is -0.480 e. The lowest BCUT2D eigenvalue weighted by molar-refractivity contribution is -0.141. The van der Waals surface area contributed by atoms with E-state index >= 15 is 0 Å². The summed E-state index contributed by atoms with van der Waals surface area (Å²) in [6.45, 7) is -1.44. The van der Waals surface area contributed by atoms with E-state index in [2.05, 4.69) is 0 Å². The molecule has 1 rings (SSSR count). The molecule has 1 aliphatic carbocycles. The predicted molar refractivity (Wildman–Crippen MR) is 64.2 cm³/mol. The molecule has 1 atom stereocenters. The Morgan fingerprint density at radius 1 is 1.33 bits per heavy atom. The minimum absolute atomic E-state index is 0.277. The van der Waals surface area contributed by atoms with Crippen molar-refractivity contribution >= 4 is 17.9 Å². The van der Waals surface area contributed by atoms with Crippen LogP contribution in [-0.2, 0) is 9.59 Å². The molecule has 1 fully saturated rings. The molecule has 1 saturated carbocycles. The van der Waals surface area contributed by atoms with E-state index < -0.39 is 42.7 Å². The fourth-order valence-electron chi connectivity index (χ4n) is 1.72. The molecule has 0 aliphatic heterocycles. The Balaban J connectivity index is 2.64. The van der Waals surface area contributed by atoms with Gasteiger partial charge in [-0.25, -0.2) is 9.59 Å². The zero-order chi connectivity index (χ0) is 16.2. The van der Waals surface area contributed by atoms with Crippen LogP contribution in [0, 0.1) is 0 Å². The molecule has 7 nitrogen and oxygen atoms in total. The average molecular weight is 311 g/mol. The molecule has 0 aromatic heterocycles. The van der Waals surface area contributed by atoms with Crippen LogP contribution in [0.1, 0.15) is 25.7 Å². The van der Waals surface area contributed by atoms with Gasteiger partial charge in [0, 0.05) is 12.5 Å². The van der Waals surface area contributed by atoms with Crippen LogP contribution in [0.5, 0.6) is 0 Å². The smallest absolute Gasteiger partial charge is 0.406 e. The highest BCUT2D eigenvalue weighted by atomic mass is 19.4. The van der Waals surface area contributed by atoms with E-state index in [1.54, 1.807) is 0 Å². The van der Waals surface area contributed by atoms with Gasteiger partial charge in [0.15, 0.2) is 0 Å². The summed E-state index contributed by atoms with van der Waals surface area (Å²) in [5.74, 6) is -2.20. The van der Waals surface area contributed by atoms with Crippen LogP contribution in [0.15, 0.2) is 0 Å². The van der Waals surface area contributed by atoms with E-state index in [0.29, 0.717) is 17.7 Å². The number of halogens is 3. The summed E-state index contributed by atoms with van der Waals surface area (Å²) in [5.41, 5.74) is 4.87. The molecular weight excluding hydrogens is 295 g/mol. The number of carbonyl (C=O) groups excluding carboxylic acids is 2. The van der Waals surface area contributed by atoms with Gasteiger partial charge in [-0.15, -0.1) is 0 Å². The van der Waals surface area contributed by atoms with E-state index in [-0.39, 0.29) is 12.8 Å². The van der Waals surface area contributed by atoms with E-state index in [4.69, 9.17) is 10.8 Å². The molecule has 1 aliphatic rings. The number of amides is 3. The summed E-state index contributed by atoms with van der Waals surface area (Å²) >= 11 is 0. The third-order valence-electron chi connectivity index (χ3n) is 2.87. The number of alkyl halides is 3. The lowest BCUT2D eigenvalue weighted by Gasteiger charge is -2.25. The number of hydrogen-bond acceptors (Lipinski definition) is 3. The van der Waals surface area contributed by atoms with E-state index in [1.807, 2.05) is 5.32 Å². The SMILES string of the molecule is NC(=O)CCC(NC(=O)N(CC(F)(F)F)C1CC1)C(=O)O. The highest BCUT2D eigenvalue weighted by Crippen LogP contribution is 2.30. The van der Waals surface area contributed by atoms with Crippen molar-refractivity contribution in [2.75, 3.05) is 6.54 Å². The lowest BCUT2D eigenvalue weighted by atomic mass is 10.1. The van der Waals surface area contributed by atoms with E-state index in [0.717, 1.165) is 0 Å². The minimum atomic E-state index is -4.56. The maximum absolute atomic E-state index is 12.4. The fraction of sp³-hybridized carbons (Fsp3) is 0.727. The third kappa shape index (κ3) is 6.32. The molecule has 0 saturated heterocycles. The van der Waals surface area contributed by atoms with Crippen LogP contribution in [0.4, 0.5) is 18.0 Å². The highest BCUT2D eigenvalue weighted by Gasteiger charge is 2.41.